The largest absolute Gasteiger partial charge is 0.523 e. The topological polar surface area (TPSA) is 81.8 Å². The molecule has 6 heteroatoms. The molecule has 1 N–H and O–H groups in total. The van der Waals surface area contributed by atoms with Crippen LogP contribution in [0, 0.1) is 10.1 Å². The zero-order valence-corrected chi connectivity index (χ0v) is 7.97. The van der Waals surface area contributed by atoms with Crippen molar-refractivity contribution in [3.8, 4) is 11.5 Å². The van der Waals surface area contributed by atoms with E-state index < -0.39 is 10.8 Å². The lowest BCUT2D eigenvalue weighted by molar-refractivity contribution is -0.652. The summed E-state index contributed by atoms with van der Waals surface area (Å²) in [7, 11) is 0. The summed E-state index contributed by atoms with van der Waals surface area (Å²) in [6.45, 7) is 1.08. The fourth-order valence-corrected chi connectivity index (χ4v) is 1.32. The van der Waals surface area contributed by atoms with Crippen LogP contribution in [0.5, 0.6) is 11.5 Å². The maximum Gasteiger partial charge on any atom is 0.523 e. The molecular formula is C9H9NO5. The summed E-state index contributed by atoms with van der Waals surface area (Å²) < 4.78 is 10.1. The number of rotatable bonds is 2. The van der Waals surface area contributed by atoms with Gasteiger partial charge in [0, 0.05) is 0 Å². The predicted molar refractivity (Wildman–Crippen MR) is 49.0 cm³/mol. The van der Waals surface area contributed by atoms with E-state index in [0.29, 0.717) is 11.3 Å². The van der Waals surface area contributed by atoms with Crippen LogP contribution in [-0.2, 0) is 6.61 Å². The van der Waals surface area contributed by atoms with Gasteiger partial charge in [0.25, 0.3) is 0 Å². The molecule has 0 aliphatic carbocycles. The molecule has 0 saturated carbocycles. The summed E-state index contributed by atoms with van der Waals surface area (Å²) in [5.41, 5.74) is 0.616. The van der Waals surface area contributed by atoms with E-state index in [1.165, 1.54) is 19.1 Å². The Bertz CT molecular complexity index is 419. The molecule has 2 rings (SSSR count). The van der Waals surface area contributed by atoms with Gasteiger partial charge in [-0.3, -0.25) is 10.1 Å². The van der Waals surface area contributed by atoms with E-state index in [0.717, 1.165) is 0 Å². The standard InChI is InChI=1S/C9H9NO5/c1-9(10(12)13)14-7-3-2-6(5-11)4-8(7)15-9/h2-4,11H,5H2,1H3. The lowest BCUT2D eigenvalue weighted by Crippen LogP contribution is -2.43. The number of hydrogen-bond acceptors (Lipinski definition) is 5. The van der Waals surface area contributed by atoms with E-state index in [9.17, 15) is 10.1 Å². The molecule has 1 aromatic carbocycles. The average Bonchev–Trinajstić information content (AvgIpc) is 2.54. The summed E-state index contributed by atoms with van der Waals surface area (Å²) in [6.07, 6.45) is 0. The van der Waals surface area contributed by atoms with Crippen LogP contribution in [0.15, 0.2) is 18.2 Å². The van der Waals surface area contributed by atoms with Crippen LogP contribution < -0.4 is 9.47 Å². The third kappa shape index (κ3) is 1.48. The highest BCUT2D eigenvalue weighted by Crippen LogP contribution is 2.39. The molecule has 0 bridgehead atoms. The van der Waals surface area contributed by atoms with Crippen molar-refractivity contribution in [2.24, 2.45) is 0 Å². The van der Waals surface area contributed by atoms with Crippen LogP contribution in [0.4, 0.5) is 0 Å². The van der Waals surface area contributed by atoms with Gasteiger partial charge in [-0.1, -0.05) is 6.07 Å². The summed E-state index contributed by atoms with van der Waals surface area (Å²) >= 11 is 0. The van der Waals surface area contributed by atoms with Gasteiger partial charge < -0.3 is 14.6 Å². The lowest BCUT2D eigenvalue weighted by atomic mass is 10.2. The van der Waals surface area contributed by atoms with E-state index in [1.807, 2.05) is 0 Å². The van der Waals surface area contributed by atoms with Gasteiger partial charge in [0.2, 0.25) is 0 Å². The van der Waals surface area contributed by atoms with Crippen molar-refractivity contribution in [2.75, 3.05) is 0 Å². The minimum Gasteiger partial charge on any atom is -0.392 e. The summed E-state index contributed by atoms with van der Waals surface area (Å²) in [5, 5.41) is 19.5. The maximum atomic E-state index is 10.7. The molecule has 0 spiro atoms. The first-order chi connectivity index (χ1) is 7.05. The molecule has 1 aliphatic heterocycles. The normalized spacial score (nSPS) is 22.8. The van der Waals surface area contributed by atoms with E-state index in [1.54, 1.807) is 6.07 Å². The van der Waals surface area contributed by atoms with Crippen LogP contribution in [0.3, 0.4) is 0 Å². The van der Waals surface area contributed by atoms with Crippen LogP contribution in [0.2, 0.25) is 0 Å². The van der Waals surface area contributed by atoms with Gasteiger partial charge in [-0.2, -0.15) is 0 Å². The molecule has 6 nitrogen and oxygen atoms in total. The van der Waals surface area contributed by atoms with E-state index in [2.05, 4.69) is 0 Å². The molecule has 1 unspecified atom stereocenters. The van der Waals surface area contributed by atoms with Crippen LogP contribution in [0.1, 0.15) is 12.5 Å². The Balaban J connectivity index is 2.35. The van der Waals surface area contributed by atoms with E-state index in [4.69, 9.17) is 14.6 Å². The quantitative estimate of drug-likeness (QED) is 0.580. The number of nitrogens with zero attached hydrogens (tertiary/aromatic N) is 1. The fourth-order valence-electron chi connectivity index (χ4n) is 1.32. The van der Waals surface area contributed by atoms with Gasteiger partial charge in [-0.05, 0) is 17.7 Å². The molecule has 1 aliphatic rings. The monoisotopic (exact) mass is 211 g/mol. The summed E-state index contributed by atoms with van der Waals surface area (Å²) in [5.74, 6) is -1.27. The van der Waals surface area contributed by atoms with Gasteiger partial charge in [-0.25, -0.2) is 0 Å². The van der Waals surface area contributed by atoms with Crippen molar-refractivity contribution < 1.29 is 19.5 Å². The van der Waals surface area contributed by atoms with Crippen LogP contribution >= 0.6 is 0 Å². The Morgan fingerprint density at radius 1 is 1.47 bits per heavy atom. The zero-order chi connectivity index (χ0) is 11.1. The molecule has 1 atom stereocenters. The highest BCUT2D eigenvalue weighted by Gasteiger charge is 2.49. The molecule has 0 saturated heterocycles. The summed E-state index contributed by atoms with van der Waals surface area (Å²) in [4.78, 5) is 10.0. The fraction of sp³-hybridized carbons (Fsp3) is 0.333. The van der Waals surface area contributed by atoms with Crippen molar-refractivity contribution in [2.45, 2.75) is 19.4 Å². The van der Waals surface area contributed by atoms with Crippen molar-refractivity contribution in [3.63, 3.8) is 0 Å². The van der Waals surface area contributed by atoms with Crippen molar-refractivity contribution in [3.05, 3.63) is 33.9 Å². The predicted octanol–water partition coefficient (Wildman–Crippen LogP) is 0.900. The van der Waals surface area contributed by atoms with Gasteiger partial charge in [0.05, 0.1) is 13.5 Å². The third-order valence-electron chi connectivity index (χ3n) is 2.12. The lowest BCUT2D eigenvalue weighted by Gasteiger charge is -2.11. The molecule has 1 aromatic rings. The molecule has 0 aromatic heterocycles. The highest BCUT2D eigenvalue weighted by atomic mass is 16.8. The smallest absolute Gasteiger partial charge is 0.392 e. The number of nitro groups is 1. The first-order valence-electron chi connectivity index (χ1n) is 4.31. The Kier molecular flexibility index (Phi) is 2.01. The highest BCUT2D eigenvalue weighted by molar-refractivity contribution is 5.45. The molecule has 0 amide bonds. The number of ether oxygens (including phenoxy) is 2. The Morgan fingerprint density at radius 3 is 2.73 bits per heavy atom. The third-order valence-corrected chi connectivity index (χ3v) is 2.12. The Hall–Kier alpha value is -1.82. The van der Waals surface area contributed by atoms with Crippen LogP contribution in [0.25, 0.3) is 0 Å². The Labute approximate surface area is 85.2 Å². The average molecular weight is 211 g/mol. The van der Waals surface area contributed by atoms with Crippen molar-refractivity contribution in [1.82, 2.24) is 0 Å². The molecule has 80 valence electrons. The maximum absolute atomic E-state index is 10.7. The zero-order valence-electron chi connectivity index (χ0n) is 7.97. The second-order valence-electron chi connectivity index (χ2n) is 3.30. The SMILES string of the molecule is CC1([N+](=O)[O-])Oc2ccc(CO)cc2O1. The Morgan fingerprint density at radius 2 is 2.13 bits per heavy atom. The van der Waals surface area contributed by atoms with Gasteiger partial charge in [0.1, 0.15) is 4.92 Å². The number of aliphatic hydroxyl groups is 1. The van der Waals surface area contributed by atoms with Gasteiger partial charge in [0.15, 0.2) is 11.5 Å². The number of aliphatic hydroxyl groups excluding tert-OH is 1. The summed E-state index contributed by atoms with van der Waals surface area (Å²) in [6, 6.07) is 4.67. The van der Waals surface area contributed by atoms with E-state index >= 15 is 0 Å². The molecule has 1 heterocycles. The molecule has 15 heavy (non-hydrogen) atoms. The number of hydrogen-bond donors (Lipinski definition) is 1. The van der Waals surface area contributed by atoms with Crippen molar-refractivity contribution >= 4 is 0 Å². The minimum absolute atomic E-state index is 0.147. The molecule has 0 radical (unpaired) electrons. The molecule has 0 fully saturated rings. The molecular weight excluding hydrogens is 202 g/mol. The second-order valence-corrected chi connectivity index (χ2v) is 3.30. The van der Waals surface area contributed by atoms with Gasteiger partial charge >= 0.3 is 5.91 Å². The number of fused-ring (bicyclic) bond motifs is 1. The van der Waals surface area contributed by atoms with Crippen LogP contribution in [-0.4, -0.2) is 15.9 Å². The van der Waals surface area contributed by atoms with E-state index in [-0.39, 0.29) is 12.4 Å². The van der Waals surface area contributed by atoms with Gasteiger partial charge in [-0.15, -0.1) is 0 Å². The first-order valence-corrected chi connectivity index (χ1v) is 4.31. The first kappa shape index (κ1) is 9.72. The van der Waals surface area contributed by atoms with Crippen molar-refractivity contribution in [1.29, 1.82) is 0 Å². The second kappa shape index (κ2) is 3.09. The number of benzene rings is 1. The minimum atomic E-state index is -1.86.